The highest BCUT2D eigenvalue weighted by Gasteiger charge is 2.27. The van der Waals surface area contributed by atoms with Crippen molar-refractivity contribution in [2.75, 3.05) is 19.0 Å². The van der Waals surface area contributed by atoms with Crippen LogP contribution in [0.15, 0.2) is 6.20 Å². The molecule has 1 saturated carbocycles. The molecule has 1 aromatic rings. The van der Waals surface area contributed by atoms with Crippen molar-refractivity contribution in [3.05, 3.63) is 12.0 Å². The summed E-state index contributed by atoms with van der Waals surface area (Å²) in [5, 5.41) is 3.03. The molecule has 0 radical (unpaired) electrons. The normalized spacial score (nSPS) is 15.3. The summed E-state index contributed by atoms with van der Waals surface area (Å²) in [6, 6.07) is 0. The maximum Gasteiger partial charge on any atom is 0.179 e. The molecule has 4 heteroatoms. The molecule has 4 nitrogen and oxygen atoms in total. The maximum absolute atomic E-state index is 5.40. The third kappa shape index (κ3) is 1.78. The molecule has 1 aliphatic rings. The molecule has 0 aliphatic heterocycles. The Morgan fingerprint density at radius 2 is 2.36 bits per heavy atom. The van der Waals surface area contributed by atoms with Crippen molar-refractivity contribution in [1.29, 1.82) is 0 Å². The summed E-state index contributed by atoms with van der Waals surface area (Å²) < 4.78 is 5.40. The third-order valence-electron chi connectivity index (χ3n) is 2.25. The molecule has 14 heavy (non-hydrogen) atoms. The van der Waals surface area contributed by atoms with E-state index in [1.54, 1.807) is 6.20 Å². The molecule has 0 saturated heterocycles. The molecule has 1 fully saturated rings. The van der Waals surface area contributed by atoms with Crippen LogP contribution in [0.2, 0.25) is 0 Å². The predicted octanol–water partition coefficient (Wildman–Crippen LogP) is 1.79. The lowest BCUT2D eigenvalue weighted by molar-refractivity contribution is 0.339. The van der Waals surface area contributed by atoms with Crippen LogP contribution in [-0.2, 0) is 0 Å². The summed E-state index contributed by atoms with van der Waals surface area (Å²) in [4.78, 5) is 8.72. The van der Waals surface area contributed by atoms with Crippen LogP contribution in [0.1, 0.15) is 31.5 Å². The minimum absolute atomic E-state index is 0.581. The van der Waals surface area contributed by atoms with Crippen molar-refractivity contribution >= 4 is 5.82 Å². The van der Waals surface area contributed by atoms with Gasteiger partial charge < -0.3 is 10.1 Å². The largest absolute Gasteiger partial charge is 0.488 e. The number of rotatable bonds is 4. The SMILES string of the molecule is CCOc1cnc(C2CC2)nc1NC. The van der Waals surface area contributed by atoms with Gasteiger partial charge in [0, 0.05) is 13.0 Å². The van der Waals surface area contributed by atoms with Gasteiger partial charge in [0.05, 0.1) is 12.8 Å². The van der Waals surface area contributed by atoms with Gasteiger partial charge in [-0.1, -0.05) is 0 Å². The molecule has 0 unspecified atom stereocenters. The summed E-state index contributed by atoms with van der Waals surface area (Å²) in [6.45, 7) is 2.59. The van der Waals surface area contributed by atoms with Gasteiger partial charge in [0.2, 0.25) is 0 Å². The summed E-state index contributed by atoms with van der Waals surface area (Å²) in [7, 11) is 1.85. The van der Waals surface area contributed by atoms with Gasteiger partial charge >= 0.3 is 0 Å². The fourth-order valence-electron chi connectivity index (χ4n) is 1.36. The molecular formula is C10H15N3O. The van der Waals surface area contributed by atoms with Crippen molar-refractivity contribution in [2.45, 2.75) is 25.7 Å². The lowest BCUT2D eigenvalue weighted by Gasteiger charge is -2.09. The maximum atomic E-state index is 5.40. The minimum Gasteiger partial charge on any atom is -0.488 e. The van der Waals surface area contributed by atoms with Crippen LogP contribution in [0.25, 0.3) is 0 Å². The molecule has 1 aromatic heterocycles. The molecule has 0 atom stereocenters. The highest BCUT2D eigenvalue weighted by molar-refractivity contribution is 5.48. The van der Waals surface area contributed by atoms with E-state index in [1.807, 2.05) is 14.0 Å². The molecule has 0 spiro atoms. The average molecular weight is 193 g/mol. The van der Waals surface area contributed by atoms with Crippen molar-refractivity contribution in [2.24, 2.45) is 0 Å². The second-order valence-electron chi connectivity index (χ2n) is 3.40. The number of hydrogen-bond acceptors (Lipinski definition) is 4. The first-order valence-corrected chi connectivity index (χ1v) is 5.02. The zero-order chi connectivity index (χ0) is 9.97. The van der Waals surface area contributed by atoms with Crippen LogP contribution in [0.5, 0.6) is 5.75 Å². The number of hydrogen-bond donors (Lipinski definition) is 1. The fourth-order valence-corrected chi connectivity index (χ4v) is 1.36. The van der Waals surface area contributed by atoms with Gasteiger partial charge in [0.25, 0.3) is 0 Å². The second kappa shape index (κ2) is 3.82. The zero-order valence-corrected chi connectivity index (χ0v) is 8.58. The number of nitrogens with one attached hydrogen (secondary N) is 1. The standard InChI is InChI=1S/C10H15N3O/c1-3-14-8-6-12-9(7-4-5-7)13-10(8)11-2/h6-7H,3-5H2,1-2H3,(H,11,12,13). The van der Waals surface area contributed by atoms with Crippen LogP contribution in [0.4, 0.5) is 5.82 Å². The monoisotopic (exact) mass is 193 g/mol. The van der Waals surface area contributed by atoms with E-state index in [2.05, 4.69) is 15.3 Å². The average Bonchev–Trinajstić information content (AvgIpc) is 3.02. The smallest absolute Gasteiger partial charge is 0.179 e. The van der Waals surface area contributed by atoms with E-state index in [0.29, 0.717) is 12.5 Å². The van der Waals surface area contributed by atoms with Crippen LogP contribution < -0.4 is 10.1 Å². The van der Waals surface area contributed by atoms with E-state index in [-0.39, 0.29) is 0 Å². The summed E-state index contributed by atoms with van der Waals surface area (Å²) in [5.74, 6) is 3.05. The summed E-state index contributed by atoms with van der Waals surface area (Å²) >= 11 is 0. The van der Waals surface area contributed by atoms with E-state index in [9.17, 15) is 0 Å². The predicted molar refractivity (Wildman–Crippen MR) is 54.7 cm³/mol. The van der Waals surface area contributed by atoms with E-state index in [0.717, 1.165) is 17.4 Å². The Hall–Kier alpha value is -1.32. The molecule has 1 aliphatic carbocycles. The van der Waals surface area contributed by atoms with Gasteiger partial charge in [0.1, 0.15) is 5.82 Å². The Kier molecular flexibility index (Phi) is 2.52. The number of aromatic nitrogens is 2. The highest BCUT2D eigenvalue weighted by Crippen LogP contribution is 2.39. The Balaban J connectivity index is 2.24. The number of anilines is 1. The van der Waals surface area contributed by atoms with Crippen molar-refractivity contribution < 1.29 is 4.74 Å². The lowest BCUT2D eigenvalue weighted by atomic mass is 10.4. The molecule has 2 rings (SSSR count). The van der Waals surface area contributed by atoms with Gasteiger partial charge in [-0.15, -0.1) is 0 Å². The van der Waals surface area contributed by atoms with Gasteiger partial charge in [-0.3, -0.25) is 0 Å². The first-order valence-electron chi connectivity index (χ1n) is 5.02. The van der Waals surface area contributed by atoms with E-state index >= 15 is 0 Å². The third-order valence-corrected chi connectivity index (χ3v) is 2.25. The first kappa shape index (κ1) is 9.24. The Labute approximate surface area is 83.7 Å². The van der Waals surface area contributed by atoms with Gasteiger partial charge in [-0.25, -0.2) is 9.97 Å². The van der Waals surface area contributed by atoms with Crippen LogP contribution in [0, 0.1) is 0 Å². The van der Waals surface area contributed by atoms with E-state index in [4.69, 9.17) is 4.74 Å². The summed E-state index contributed by atoms with van der Waals surface area (Å²) in [6.07, 6.45) is 4.20. The van der Waals surface area contributed by atoms with Crippen LogP contribution in [0.3, 0.4) is 0 Å². The number of ether oxygens (including phenoxy) is 1. The van der Waals surface area contributed by atoms with E-state index < -0.39 is 0 Å². The van der Waals surface area contributed by atoms with Crippen molar-refractivity contribution in [3.8, 4) is 5.75 Å². The molecular weight excluding hydrogens is 178 g/mol. The molecule has 1 heterocycles. The summed E-state index contributed by atoms with van der Waals surface area (Å²) in [5.41, 5.74) is 0. The fraction of sp³-hybridized carbons (Fsp3) is 0.600. The molecule has 76 valence electrons. The first-order chi connectivity index (χ1) is 6.85. The topological polar surface area (TPSA) is 47.0 Å². The Bertz CT molecular complexity index is 323. The van der Waals surface area contributed by atoms with Crippen LogP contribution in [-0.4, -0.2) is 23.6 Å². The molecule has 0 aromatic carbocycles. The second-order valence-corrected chi connectivity index (χ2v) is 3.40. The highest BCUT2D eigenvalue weighted by atomic mass is 16.5. The minimum atomic E-state index is 0.581. The van der Waals surface area contributed by atoms with Crippen molar-refractivity contribution in [3.63, 3.8) is 0 Å². The molecule has 0 bridgehead atoms. The van der Waals surface area contributed by atoms with Crippen LogP contribution >= 0.6 is 0 Å². The molecule has 0 amide bonds. The van der Waals surface area contributed by atoms with Gasteiger partial charge in [-0.2, -0.15) is 0 Å². The Morgan fingerprint density at radius 3 is 2.93 bits per heavy atom. The Morgan fingerprint density at radius 1 is 1.57 bits per heavy atom. The zero-order valence-electron chi connectivity index (χ0n) is 8.58. The van der Waals surface area contributed by atoms with E-state index in [1.165, 1.54) is 12.8 Å². The van der Waals surface area contributed by atoms with Gasteiger partial charge in [0.15, 0.2) is 11.6 Å². The van der Waals surface area contributed by atoms with Crippen molar-refractivity contribution in [1.82, 2.24) is 9.97 Å². The number of nitrogens with zero attached hydrogens (tertiary/aromatic N) is 2. The van der Waals surface area contributed by atoms with Gasteiger partial charge in [-0.05, 0) is 19.8 Å². The molecule has 1 N–H and O–H groups in total. The quantitative estimate of drug-likeness (QED) is 0.792. The lowest BCUT2D eigenvalue weighted by Crippen LogP contribution is -2.03.